The van der Waals surface area contributed by atoms with Gasteiger partial charge in [0.2, 0.25) is 0 Å². The maximum atomic E-state index is 11.5. The molecule has 0 atom stereocenters. The Hall–Kier alpha value is -0.370. The maximum absolute atomic E-state index is 11.5. The van der Waals surface area contributed by atoms with E-state index in [1.54, 1.807) is 0 Å². The molecule has 1 saturated carbocycles. The van der Waals surface area contributed by atoms with Crippen LogP contribution < -0.4 is 5.73 Å². The van der Waals surface area contributed by atoms with Gasteiger partial charge in [-0.05, 0) is 31.6 Å². The summed E-state index contributed by atoms with van der Waals surface area (Å²) in [5.41, 5.74) is 5.28. The van der Waals surface area contributed by atoms with E-state index in [4.69, 9.17) is 5.73 Å². The molecule has 0 heterocycles. The average Bonchev–Trinajstić information content (AvgIpc) is 2.09. The van der Waals surface area contributed by atoms with Crippen molar-refractivity contribution in [1.82, 2.24) is 0 Å². The summed E-state index contributed by atoms with van der Waals surface area (Å²) in [6, 6.07) is 0. The molecule has 0 saturated heterocycles. The van der Waals surface area contributed by atoms with Crippen LogP contribution in [0.5, 0.6) is 0 Å². The molecule has 2 nitrogen and oxygen atoms in total. The number of Topliss-reactive ketones (excluding diaryl/α,β-unsaturated/α-hetero) is 1. The molecule has 0 bridgehead atoms. The molecule has 12 heavy (non-hydrogen) atoms. The van der Waals surface area contributed by atoms with Crippen molar-refractivity contribution in [1.29, 1.82) is 0 Å². The predicted molar refractivity (Wildman–Crippen MR) is 49.8 cm³/mol. The normalized spacial score (nSPS) is 36.4. The topological polar surface area (TPSA) is 43.1 Å². The van der Waals surface area contributed by atoms with Gasteiger partial charge >= 0.3 is 0 Å². The van der Waals surface area contributed by atoms with Gasteiger partial charge in [0.15, 0.2) is 5.78 Å². The molecule has 0 spiro atoms. The van der Waals surface area contributed by atoms with Crippen LogP contribution in [0.4, 0.5) is 0 Å². The van der Waals surface area contributed by atoms with Gasteiger partial charge in [0, 0.05) is 5.41 Å². The average molecular weight is 169 g/mol. The summed E-state index contributed by atoms with van der Waals surface area (Å²) < 4.78 is 0. The lowest BCUT2D eigenvalue weighted by Crippen LogP contribution is -2.36. The smallest absolute Gasteiger partial charge is 0.152 e. The molecule has 0 aromatic rings. The van der Waals surface area contributed by atoms with E-state index in [2.05, 4.69) is 13.8 Å². The zero-order valence-corrected chi connectivity index (χ0v) is 8.10. The lowest BCUT2D eigenvalue weighted by Gasteiger charge is -2.34. The van der Waals surface area contributed by atoms with E-state index >= 15 is 0 Å². The summed E-state index contributed by atoms with van der Waals surface area (Å²) in [5, 5.41) is 0. The second-order valence-electron chi connectivity index (χ2n) is 4.37. The van der Waals surface area contributed by atoms with Gasteiger partial charge in [0.25, 0.3) is 0 Å². The number of nitrogens with two attached hydrogens (primary N) is 1. The lowest BCUT2D eigenvalue weighted by atomic mass is 9.70. The Kier molecular flexibility index (Phi) is 2.89. The first-order chi connectivity index (χ1) is 5.58. The van der Waals surface area contributed by atoms with E-state index in [-0.39, 0.29) is 17.7 Å². The van der Waals surface area contributed by atoms with Gasteiger partial charge in [-0.2, -0.15) is 0 Å². The predicted octanol–water partition coefficient (Wildman–Crippen LogP) is 1.73. The Bertz CT molecular complexity index is 169. The van der Waals surface area contributed by atoms with Crippen LogP contribution in [0.1, 0.15) is 39.5 Å². The Morgan fingerprint density at radius 3 is 2.42 bits per heavy atom. The molecule has 0 aromatic carbocycles. The highest BCUT2D eigenvalue weighted by Crippen LogP contribution is 2.38. The Labute approximate surface area is 74.5 Å². The SMILES string of the molecule is CC1CCC(C)(C(=O)CN)CC1. The minimum Gasteiger partial charge on any atom is -0.324 e. The zero-order chi connectivity index (χ0) is 9.19. The molecule has 2 N–H and O–H groups in total. The molecule has 1 rings (SSSR count). The third-order valence-corrected chi connectivity index (χ3v) is 3.24. The van der Waals surface area contributed by atoms with Crippen LogP contribution in [-0.4, -0.2) is 12.3 Å². The van der Waals surface area contributed by atoms with E-state index in [1.807, 2.05) is 0 Å². The zero-order valence-electron chi connectivity index (χ0n) is 8.10. The van der Waals surface area contributed by atoms with E-state index in [9.17, 15) is 4.79 Å². The number of ketones is 1. The summed E-state index contributed by atoms with van der Waals surface area (Å²) >= 11 is 0. The number of hydrogen-bond acceptors (Lipinski definition) is 2. The first kappa shape index (κ1) is 9.72. The van der Waals surface area contributed by atoms with Crippen molar-refractivity contribution in [3.8, 4) is 0 Å². The first-order valence-corrected chi connectivity index (χ1v) is 4.82. The summed E-state index contributed by atoms with van der Waals surface area (Å²) in [7, 11) is 0. The van der Waals surface area contributed by atoms with Crippen molar-refractivity contribution >= 4 is 5.78 Å². The fourth-order valence-corrected chi connectivity index (χ4v) is 1.92. The van der Waals surface area contributed by atoms with Gasteiger partial charge in [-0.3, -0.25) is 4.79 Å². The largest absolute Gasteiger partial charge is 0.324 e. The molecule has 0 radical (unpaired) electrons. The number of carbonyl (C=O) groups is 1. The molecule has 1 aliphatic rings. The summed E-state index contributed by atoms with van der Waals surface area (Å²) in [6.45, 7) is 4.53. The monoisotopic (exact) mass is 169 g/mol. The van der Waals surface area contributed by atoms with E-state index in [0.29, 0.717) is 0 Å². The third-order valence-electron chi connectivity index (χ3n) is 3.24. The molecule has 0 aromatic heterocycles. The van der Waals surface area contributed by atoms with Crippen molar-refractivity contribution in [3.63, 3.8) is 0 Å². The summed E-state index contributed by atoms with van der Waals surface area (Å²) in [5.74, 6) is 1.04. The van der Waals surface area contributed by atoms with Gasteiger partial charge in [-0.15, -0.1) is 0 Å². The molecule has 1 aliphatic carbocycles. The minimum atomic E-state index is -0.0960. The number of rotatable bonds is 2. The summed E-state index contributed by atoms with van der Waals surface area (Å²) in [4.78, 5) is 11.5. The van der Waals surface area contributed by atoms with Crippen molar-refractivity contribution in [2.75, 3.05) is 6.54 Å². The standard InChI is InChI=1S/C10H19NO/c1-8-3-5-10(2,6-4-8)9(12)7-11/h8H,3-7,11H2,1-2H3. The van der Waals surface area contributed by atoms with Crippen molar-refractivity contribution in [2.45, 2.75) is 39.5 Å². The van der Waals surface area contributed by atoms with Crippen LogP contribution >= 0.6 is 0 Å². The molecule has 2 heteroatoms. The van der Waals surface area contributed by atoms with Crippen LogP contribution in [0, 0.1) is 11.3 Å². The fraction of sp³-hybridized carbons (Fsp3) is 0.900. The lowest BCUT2D eigenvalue weighted by molar-refractivity contribution is -0.128. The summed E-state index contributed by atoms with van der Waals surface area (Å²) in [6.07, 6.45) is 4.43. The molecule has 1 fully saturated rings. The fourth-order valence-electron chi connectivity index (χ4n) is 1.92. The quantitative estimate of drug-likeness (QED) is 0.684. The number of carbonyl (C=O) groups excluding carboxylic acids is 1. The molecule has 70 valence electrons. The van der Waals surface area contributed by atoms with Crippen LogP contribution in [-0.2, 0) is 4.79 Å². The van der Waals surface area contributed by atoms with Crippen LogP contribution in [0.3, 0.4) is 0 Å². The second kappa shape index (κ2) is 3.56. The third kappa shape index (κ3) is 1.86. The van der Waals surface area contributed by atoms with E-state index in [0.717, 1.165) is 18.8 Å². The molecular formula is C10H19NO. The minimum absolute atomic E-state index is 0.0960. The van der Waals surface area contributed by atoms with Crippen molar-refractivity contribution < 1.29 is 4.79 Å². The van der Waals surface area contributed by atoms with Crippen LogP contribution in [0.25, 0.3) is 0 Å². The number of hydrogen-bond donors (Lipinski definition) is 1. The Morgan fingerprint density at radius 1 is 1.50 bits per heavy atom. The van der Waals surface area contributed by atoms with Gasteiger partial charge in [0.1, 0.15) is 0 Å². The Morgan fingerprint density at radius 2 is 2.00 bits per heavy atom. The molecule has 0 unspecified atom stereocenters. The second-order valence-corrected chi connectivity index (χ2v) is 4.37. The van der Waals surface area contributed by atoms with Gasteiger partial charge in [-0.1, -0.05) is 13.8 Å². The van der Waals surface area contributed by atoms with E-state index < -0.39 is 0 Å². The highest BCUT2D eigenvalue weighted by molar-refractivity contribution is 5.86. The van der Waals surface area contributed by atoms with Crippen molar-refractivity contribution in [2.24, 2.45) is 17.1 Å². The van der Waals surface area contributed by atoms with Crippen molar-refractivity contribution in [3.05, 3.63) is 0 Å². The highest BCUT2D eigenvalue weighted by Gasteiger charge is 2.34. The first-order valence-electron chi connectivity index (χ1n) is 4.82. The maximum Gasteiger partial charge on any atom is 0.152 e. The van der Waals surface area contributed by atoms with Gasteiger partial charge < -0.3 is 5.73 Å². The van der Waals surface area contributed by atoms with Crippen LogP contribution in [0.2, 0.25) is 0 Å². The van der Waals surface area contributed by atoms with E-state index in [1.165, 1.54) is 12.8 Å². The molecule has 0 amide bonds. The highest BCUT2D eigenvalue weighted by atomic mass is 16.1. The molecule has 0 aliphatic heterocycles. The van der Waals surface area contributed by atoms with Gasteiger partial charge in [0.05, 0.1) is 6.54 Å². The van der Waals surface area contributed by atoms with Gasteiger partial charge in [-0.25, -0.2) is 0 Å². The molecular weight excluding hydrogens is 150 g/mol. The van der Waals surface area contributed by atoms with Crippen LogP contribution in [0.15, 0.2) is 0 Å². The Balaban J connectivity index is 2.55.